The Balaban J connectivity index is 2.96. The molecule has 0 amide bonds. The van der Waals surface area contributed by atoms with Crippen LogP contribution in [-0.2, 0) is 11.3 Å². The van der Waals surface area contributed by atoms with Crippen LogP contribution in [0.2, 0.25) is 0 Å². The number of carbonyl (C=O) groups is 1. The Hall–Kier alpha value is -1.55. The Morgan fingerprint density at radius 3 is 2.35 bits per heavy atom. The van der Waals surface area contributed by atoms with Gasteiger partial charge in [0.2, 0.25) is 0 Å². The lowest BCUT2D eigenvalue weighted by atomic mass is 10.1. The molecule has 0 radical (unpaired) electrons. The summed E-state index contributed by atoms with van der Waals surface area (Å²) in [6.45, 7) is 3.16. The normalized spacial score (nSPS) is 10.4. The van der Waals surface area contributed by atoms with E-state index >= 15 is 0 Å². The van der Waals surface area contributed by atoms with Gasteiger partial charge >= 0.3 is 0 Å². The highest BCUT2D eigenvalue weighted by molar-refractivity contribution is 5.52. The number of likely N-dealkylation sites (N-methyl/N-ethyl adjacent to an activating group) is 1. The number of rotatable bonds is 6. The summed E-state index contributed by atoms with van der Waals surface area (Å²) in [5, 5.41) is 0. The first kappa shape index (κ1) is 13.5. The number of nitrogens with zero attached hydrogens (tertiary/aromatic N) is 1. The maximum Gasteiger partial charge on any atom is 0.161 e. The van der Waals surface area contributed by atoms with E-state index in [1.165, 1.54) is 0 Å². The first-order chi connectivity index (χ1) is 8.12. The van der Waals surface area contributed by atoms with E-state index in [1.807, 2.05) is 31.0 Å². The average Bonchev–Trinajstić information content (AvgIpc) is 2.31. The highest BCUT2D eigenvalue weighted by atomic mass is 16.5. The van der Waals surface area contributed by atoms with Gasteiger partial charge in [-0.25, -0.2) is 0 Å². The van der Waals surface area contributed by atoms with Crippen LogP contribution in [0.5, 0.6) is 11.5 Å². The molecular weight excluding hydrogens is 218 g/mol. The van der Waals surface area contributed by atoms with Crippen LogP contribution in [0.25, 0.3) is 0 Å². The summed E-state index contributed by atoms with van der Waals surface area (Å²) in [4.78, 5) is 12.4. The Bertz CT molecular complexity index is 390. The van der Waals surface area contributed by atoms with Crippen LogP contribution in [0, 0.1) is 6.92 Å². The third-order valence-corrected chi connectivity index (χ3v) is 2.67. The maximum atomic E-state index is 10.4. The lowest BCUT2D eigenvalue weighted by Gasteiger charge is -2.17. The van der Waals surface area contributed by atoms with Crippen molar-refractivity contribution in [3.8, 4) is 11.5 Å². The molecule has 0 spiro atoms. The van der Waals surface area contributed by atoms with Gasteiger partial charge in [-0.05, 0) is 37.2 Å². The number of aldehydes is 1. The van der Waals surface area contributed by atoms with Crippen LogP contribution < -0.4 is 9.47 Å². The molecule has 0 bridgehead atoms. The maximum absolute atomic E-state index is 10.4. The summed E-state index contributed by atoms with van der Waals surface area (Å²) in [6, 6.07) is 3.90. The zero-order valence-electron chi connectivity index (χ0n) is 10.8. The minimum atomic E-state index is 0.424. The molecule has 0 aliphatic carbocycles. The number of methoxy groups -OCH3 is 2. The number of hydrogen-bond donors (Lipinski definition) is 0. The fourth-order valence-electron chi connectivity index (χ4n) is 1.68. The van der Waals surface area contributed by atoms with Gasteiger partial charge in [-0.15, -0.1) is 0 Å². The molecule has 0 fully saturated rings. The second kappa shape index (κ2) is 6.25. The summed E-state index contributed by atoms with van der Waals surface area (Å²) in [6.07, 6.45) is 0.899. The Labute approximate surface area is 102 Å². The second-order valence-electron chi connectivity index (χ2n) is 4.00. The minimum Gasteiger partial charge on any atom is -0.493 e. The van der Waals surface area contributed by atoms with E-state index in [9.17, 15) is 4.79 Å². The SMILES string of the molecule is COc1cc(C)c(CN(C)CC=O)cc1OC. The summed E-state index contributed by atoms with van der Waals surface area (Å²) in [5.74, 6) is 1.44. The highest BCUT2D eigenvalue weighted by Gasteiger charge is 2.09. The van der Waals surface area contributed by atoms with Crippen molar-refractivity contribution in [1.82, 2.24) is 4.90 Å². The molecular formula is C13H19NO3. The van der Waals surface area contributed by atoms with Gasteiger partial charge in [-0.1, -0.05) is 0 Å². The molecule has 0 heterocycles. The third kappa shape index (κ3) is 3.46. The van der Waals surface area contributed by atoms with Crippen molar-refractivity contribution in [3.63, 3.8) is 0 Å². The van der Waals surface area contributed by atoms with E-state index in [2.05, 4.69) is 0 Å². The molecule has 4 nitrogen and oxygen atoms in total. The number of carbonyl (C=O) groups excluding carboxylic acids is 1. The quantitative estimate of drug-likeness (QED) is 0.705. The molecule has 1 aromatic carbocycles. The average molecular weight is 237 g/mol. The highest BCUT2D eigenvalue weighted by Crippen LogP contribution is 2.30. The summed E-state index contributed by atoms with van der Waals surface area (Å²) < 4.78 is 10.5. The molecule has 0 aromatic heterocycles. The third-order valence-electron chi connectivity index (χ3n) is 2.67. The largest absolute Gasteiger partial charge is 0.493 e. The van der Waals surface area contributed by atoms with E-state index in [4.69, 9.17) is 9.47 Å². The lowest BCUT2D eigenvalue weighted by Crippen LogP contribution is -2.20. The van der Waals surface area contributed by atoms with Gasteiger partial charge in [-0.2, -0.15) is 0 Å². The van der Waals surface area contributed by atoms with Crippen LogP contribution >= 0.6 is 0 Å². The topological polar surface area (TPSA) is 38.8 Å². The molecule has 0 saturated carbocycles. The molecule has 0 unspecified atom stereocenters. The van der Waals surface area contributed by atoms with Crippen LogP contribution in [0.1, 0.15) is 11.1 Å². The van der Waals surface area contributed by atoms with E-state index in [1.54, 1.807) is 14.2 Å². The summed E-state index contributed by atoms with van der Waals surface area (Å²) >= 11 is 0. The molecule has 0 aliphatic heterocycles. The molecule has 1 aromatic rings. The van der Waals surface area contributed by atoms with Gasteiger partial charge in [-0.3, -0.25) is 4.90 Å². The second-order valence-corrected chi connectivity index (χ2v) is 4.00. The van der Waals surface area contributed by atoms with Crippen LogP contribution in [0.3, 0.4) is 0 Å². The zero-order chi connectivity index (χ0) is 12.8. The molecule has 0 aliphatic rings. The lowest BCUT2D eigenvalue weighted by molar-refractivity contribution is -0.108. The summed E-state index contributed by atoms with van der Waals surface area (Å²) in [5.41, 5.74) is 2.26. The minimum absolute atomic E-state index is 0.424. The molecule has 1 rings (SSSR count). The van der Waals surface area contributed by atoms with Crippen molar-refractivity contribution in [2.24, 2.45) is 0 Å². The molecule has 0 N–H and O–H groups in total. The standard InChI is InChI=1S/C13H19NO3/c1-10-7-12(16-3)13(17-4)8-11(10)9-14(2)5-6-15/h6-8H,5,9H2,1-4H3. The van der Waals surface area contributed by atoms with Crippen molar-refractivity contribution in [1.29, 1.82) is 0 Å². The molecule has 0 atom stereocenters. The number of benzene rings is 1. The van der Waals surface area contributed by atoms with E-state index in [-0.39, 0.29) is 0 Å². The summed E-state index contributed by atoms with van der Waals surface area (Å²) in [7, 11) is 5.14. The number of aryl methyl sites for hydroxylation is 1. The Kier molecular flexibility index (Phi) is 4.97. The van der Waals surface area contributed by atoms with Crippen molar-refractivity contribution < 1.29 is 14.3 Å². The number of hydrogen-bond acceptors (Lipinski definition) is 4. The molecule has 17 heavy (non-hydrogen) atoms. The predicted octanol–water partition coefficient (Wildman–Crippen LogP) is 1.64. The number of ether oxygens (including phenoxy) is 2. The van der Waals surface area contributed by atoms with Gasteiger partial charge in [0.15, 0.2) is 11.5 Å². The van der Waals surface area contributed by atoms with E-state index < -0.39 is 0 Å². The van der Waals surface area contributed by atoms with Crippen molar-refractivity contribution >= 4 is 6.29 Å². The molecule has 0 saturated heterocycles. The van der Waals surface area contributed by atoms with Crippen molar-refractivity contribution in [2.45, 2.75) is 13.5 Å². The predicted molar refractivity (Wildman–Crippen MR) is 66.7 cm³/mol. The van der Waals surface area contributed by atoms with Crippen molar-refractivity contribution in [3.05, 3.63) is 23.3 Å². The fraction of sp³-hybridized carbons (Fsp3) is 0.462. The molecule has 94 valence electrons. The van der Waals surface area contributed by atoms with Gasteiger partial charge in [0.25, 0.3) is 0 Å². The van der Waals surface area contributed by atoms with Crippen LogP contribution in [0.15, 0.2) is 12.1 Å². The van der Waals surface area contributed by atoms with E-state index in [0.717, 1.165) is 23.2 Å². The smallest absolute Gasteiger partial charge is 0.161 e. The first-order valence-corrected chi connectivity index (χ1v) is 5.46. The van der Waals surface area contributed by atoms with Gasteiger partial charge in [0.1, 0.15) is 6.29 Å². The van der Waals surface area contributed by atoms with Crippen LogP contribution in [0.4, 0.5) is 0 Å². The van der Waals surface area contributed by atoms with Gasteiger partial charge in [0.05, 0.1) is 20.8 Å². The van der Waals surface area contributed by atoms with Crippen LogP contribution in [-0.4, -0.2) is 39.0 Å². The molecule has 4 heteroatoms. The van der Waals surface area contributed by atoms with Crippen molar-refractivity contribution in [2.75, 3.05) is 27.8 Å². The fourth-order valence-corrected chi connectivity index (χ4v) is 1.68. The van der Waals surface area contributed by atoms with Gasteiger partial charge < -0.3 is 14.3 Å². The Morgan fingerprint density at radius 2 is 1.82 bits per heavy atom. The Morgan fingerprint density at radius 1 is 1.24 bits per heavy atom. The van der Waals surface area contributed by atoms with Gasteiger partial charge in [0, 0.05) is 6.54 Å². The van der Waals surface area contributed by atoms with E-state index in [0.29, 0.717) is 18.8 Å². The zero-order valence-corrected chi connectivity index (χ0v) is 10.8. The monoisotopic (exact) mass is 237 g/mol. The first-order valence-electron chi connectivity index (χ1n) is 5.46.